The number of thioether (sulfide) groups is 1. The van der Waals surface area contributed by atoms with Gasteiger partial charge in [0.15, 0.2) is 5.16 Å². The Hall–Kier alpha value is -2.28. The molecule has 1 aliphatic heterocycles. The lowest BCUT2D eigenvalue weighted by Crippen LogP contribution is -2.32. The molecule has 2 heterocycles. The Morgan fingerprint density at radius 3 is 2.80 bits per heavy atom. The smallest absolute Gasteiger partial charge is 0.233 e. The van der Waals surface area contributed by atoms with Gasteiger partial charge in [-0.1, -0.05) is 11.8 Å². The van der Waals surface area contributed by atoms with Crippen molar-refractivity contribution in [1.82, 2.24) is 14.9 Å². The first kappa shape index (κ1) is 17.5. The molecule has 25 heavy (non-hydrogen) atoms. The first-order valence-electron chi connectivity index (χ1n) is 8.14. The van der Waals surface area contributed by atoms with Gasteiger partial charge in [-0.25, -0.2) is 9.97 Å². The maximum Gasteiger partial charge on any atom is 0.233 e. The fraction of sp³-hybridized carbons (Fsp3) is 0.389. The number of rotatable bonds is 6. The Bertz CT molecular complexity index is 727. The van der Waals surface area contributed by atoms with Crippen molar-refractivity contribution in [2.75, 3.05) is 26.5 Å². The van der Waals surface area contributed by atoms with Crippen LogP contribution in [-0.2, 0) is 4.79 Å². The zero-order valence-electron chi connectivity index (χ0n) is 14.3. The molecule has 0 unspecified atom stereocenters. The van der Waals surface area contributed by atoms with Gasteiger partial charge in [0.05, 0.1) is 26.0 Å². The first-order valence-corrected chi connectivity index (χ1v) is 9.12. The van der Waals surface area contributed by atoms with Crippen molar-refractivity contribution in [3.05, 3.63) is 42.2 Å². The van der Waals surface area contributed by atoms with E-state index in [1.165, 1.54) is 11.8 Å². The zero-order chi connectivity index (χ0) is 17.6. The van der Waals surface area contributed by atoms with Crippen LogP contribution in [0.3, 0.4) is 0 Å². The van der Waals surface area contributed by atoms with E-state index >= 15 is 0 Å². The van der Waals surface area contributed by atoms with E-state index in [4.69, 9.17) is 9.47 Å². The lowest BCUT2D eigenvalue weighted by atomic mass is 10.0. The van der Waals surface area contributed by atoms with E-state index in [0.29, 0.717) is 10.9 Å². The number of benzene rings is 1. The van der Waals surface area contributed by atoms with Crippen molar-refractivity contribution < 1.29 is 14.3 Å². The molecule has 1 amide bonds. The fourth-order valence-corrected chi connectivity index (χ4v) is 3.75. The number of methoxy groups -OCH3 is 2. The molecule has 2 aromatic rings. The molecule has 1 aromatic heterocycles. The lowest BCUT2D eigenvalue weighted by molar-refractivity contribution is -0.129. The topological polar surface area (TPSA) is 64.6 Å². The highest BCUT2D eigenvalue weighted by Gasteiger charge is 2.32. The highest BCUT2D eigenvalue weighted by atomic mass is 32.2. The average Bonchev–Trinajstić information content (AvgIpc) is 3.16. The van der Waals surface area contributed by atoms with Crippen LogP contribution in [0.5, 0.6) is 11.5 Å². The van der Waals surface area contributed by atoms with E-state index in [-0.39, 0.29) is 11.9 Å². The number of likely N-dealkylation sites (tertiary alicyclic amines) is 1. The molecule has 132 valence electrons. The van der Waals surface area contributed by atoms with Gasteiger partial charge in [-0.15, -0.1) is 0 Å². The molecule has 1 atom stereocenters. The van der Waals surface area contributed by atoms with Crippen molar-refractivity contribution in [2.45, 2.75) is 24.0 Å². The summed E-state index contributed by atoms with van der Waals surface area (Å²) in [5.74, 6) is 1.96. The molecule has 0 saturated carbocycles. The van der Waals surface area contributed by atoms with E-state index in [9.17, 15) is 4.79 Å². The second kappa shape index (κ2) is 8.20. The SMILES string of the molecule is COc1ccc(OC)c([C@@H]2CCCN2C(=O)CSc2ncccn2)c1. The normalized spacial score (nSPS) is 16.7. The summed E-state index contributed by atoms with van der Waals surface area (Å²) in [5, 5.41) is 0.616. The molecule has 7 heteroatoms. The largest absolute Gasteiger partial charge is 0.497 e. The van der Waals surface area contributed by atoms with Crippen LogP contribution >= 0.6 is 11.8 Å². The summed E-state index contributed by atoms with van der Waals surface area (Å²) in [6.07, 6.45) is 5.25. The van der Waals surface area contributed by atoms with Crippen LogP contribution in [0.4, 0.5) is 0 Å². The molecular weight excluding hydrogens is 338 g/mol. The van der Waals surface area contributed by atoms with Crippen LogP contribution in [0.1, 0.15) is 24.4 Å². The number of amides is 1. The summed E-state index contributed by atoms with van der Waals surface area (Å²) in [6, 6.07) is 7.49. The number of carbonyl (C=O) groups excluding carboxylic acids is 1. The molecule has 0 spiro atoms. The number of hydrogen-bond donors (Lipinski definition) is 0. The quantitative estimate of drug-likeness (QED) is 0.584. The molecule has 1 saturated heterocycles. The molecule has 1 fully saturated rings. The summed E-state index contributed by atoms with van der Waals surface area (Å²) in [7, 11) is 3.29. The Morgan fingerprint density at radius 1 is 1.28 bits per heavy atom. The summed E-state index contributed by atoms with van der Waals surface area (Å²) in [4.78, 5) is 23.0. The van der Waals surface area contributed by atoms with Gasteiger partial charge >= 0.3 is 0 Å². The molecule has 6 nitrogen and oxygen atoms in total. The molecule has 0 radical (unpaired) electrons. The van der Waals surface area contributed by atoms with E-state index in [0.717, 1.165) is 36.4 Å². The van der Waals surface area contributed by atoms with Gasteiger partial charge in [-0.05, 0) is 37.1 Å². The van der Waals surface area contributed by atoms with Gasteiger partial charge in [0.25, 0.3) is 0 Å². The van der Waals surface area contributed by atoms with Gasteiger partial charge in [0.2, 0.25) is 5.91 Å². The van der Waals surface area contributed by atoms with E-state index in [1.807, 2.05) is 23.1 Å². The first-order chi connectivity index (χ1) is 12.2. The minimum atomic E-state index is 0.00911. The molecule has 0 aliphatic carbocycles. The van der Waals surface area contributed by atoms with Gasteiger partial charge in [-0.2, -0.15) is 0 Å². The van der Waals surface area contributed by atoms with E-state index in [1.54, 1.807) is 32.7 Å². The highest BCUT2D eigenvalue weighted by Crippen LogP contribution is 2.39. The average molecular weight is 359 g/mol. The third-order valence-electron chi connectivity index (χ3n) is 4.24. The van der Waals surface area contributed by atoms with Crippen LogP contribution in [0.15, 0.2) is 41.8 Å². The van der Waals surface area contributed by atoms with E-state index < -0.39 is 0 Å². The number of hydrogen-bond acceptors (Lipinski definition) is 6. The molecule has 3 rings (SSSR count). The Morgan fingerprint density at radius 2 is 2.08 bits per heavy atom. The van der Waals surface area contributed by atoms with Gasteiger partial charge in [0.1, 0.15) is 11.5 Å². The van der Waals surface area contributed by atoms with E-state index in [2.05, 4.69) is 9.97 Å². The van der Waals surface area contributed by atoms with Gasteiger partial charge in [0, 0.05) is 24.5 Å². The number of carbonyl (C=O) groups is 1. The standard InChI is InChI=1S/C18H21N3O3S/c1-23-13-6-7-16(24-2)14(11-13)15-5-3-10-21(15)17(22)12-25-18-19-8-4-9-20-18/h4,6-9,11,15H,3,5,10,12H2,1-2H3/t15-/m0/s1. The van der Waals surface area contributed by atoms with Crippen LogP contribution in [0.25, 0.3) is 0 Å². The summed E-state index contributed by atoms with van der Waals surface area (Å²) < 4.78 is 10.8. The van der Waals surface area contributed by atoms with Crippen LogP contribution in [0, 0.1) is 0 Å². The Labute approximate surface area is 151 Å². The predicted octanol–water partition coefficient (Wildman–Crippen LogP) is 2.95. The monoisotopic (exact) mass is 359 g/mol. The number of ether oxygens (including phenoxy) is 2. The fourth-order valence-electron chi connectivity index (χ4n) is 3.06. The summed E-state index contributed by atoms with van der Waals surface area (Å²) >= 11 is 1.36. The minimum Gasteiger partial charge on any atom is -0.497 e. The minimum absolute atomic E-state index is 0.00911. The lowest BCUT2D eigenvalue weighted by Gasteiger charge is -2.26. The maximum absolute atomic E-state index is 12.7. The van der Waals surface area contributed by atoms with Crippen molar-refractivity contribution >= 4 is 17.7 Å². The molecule has 0 N–H and O–H groups in total. The zero-order valence-corrected chi connectivity index (χ0v) is 15.2. The Balaban J connectivity index is 1.75. The third-order valence-corrected chi connectivity index (χ3v) is 5.10. The highest BCUT2D eigenvalue weighted by molar-refractivity contribution is 7.99. The summed E-state index contributed by atoms with van der Waals surface area (Å²) in [5.41, 5.74) is 0.994. The molecule has 1 aromatic carbocycles. The van der Waals surface area contributed by atoms with Crippen molar-refractivity contribution in [2.24, 2.45) is 0 Å². The number of nitrogens with zero attached hydrogens (tertiary/aromatic N) is 3. The summed E-state index contributed by atoms with van der Waals surface area (Å²) in [6.45, 7) is 0.750. The second-order valence-electron chi connectivity index (χ2n) is 5.67. The van der Waals surface area contributed by atoms with Crippen LogP contribution in [0.2, 0.25) is 0 Å². The van der Waals surface area contributed by atoms with Crippen molar-refractivity contribution in [3.63, 3.8) is 0 Å². The Kier molecular flexibility index (Phi) is 5.75. The van der Waals surface area contributed by atoms with Gasteiger partial charge in [-0.3, -0.25) is 4.79 Å². The van der Waals surface area contributed by atoms with Crippen LogP contribution in [-0.4, -0.2) is 47.3 Å². The number of aromatic nitrogens is 2. The van der Waals surface area contributed by atoms with Crippen LogP contribution < -0.4 is 9.47 Å². The predicted molar refractivity (Wildman–Crippen MR) is 96.0 cm³/mol. The molecular formula is C18H21N3O3S. The second-order valence-corrected chi connectivity index (χ2v) is 6.62. The van der Waals surface area contributed by atoms with Crippen molar-refractivity contribution in [1.29, 1.82) is 0 Å². The maximum atomic E-state index is 12.7. The van der Waals surface area contributed by atoms with Crippen molar-refractivity contribution in [3.8, 4) is 11.5 Å². The van der Waals surface area contributed by atoms with Gasteiger partial charge < -0.3 is 14.4 Å². The molecule has 1 aliphatic rings. The molecule has 0 bridgehead atoms. The third kappa shape index (κ3) is 4.04.